The molecule has 0 aliphatic rings. The van der Waals surface area contributed by atoms with Crippen LogP contribution in [0.2, 0.25) is 5.02 Å². The van der Waals surface area contributed by atoms with Gasteiger partial charge in [-0.3, -0.25) is 9.52 Å². The van der Waals surface area contributed by atoms with Crippen LogP contribution in [0.15, 0.2) is 70.0 Å². The summed E-state index contributed by atoms with van der Waals surface area (Å²) in [5.74, 6) is -0.495. The summed E-state index contributed by atoms with van der Waals surface area (Å²) in [5, 5.41) is 3.20. The van der Waals surface area contributed by atoms with Crippen molar-refractivity contribution in [2.45, 2.75) is 4.90 Å². The Hall–Kier alpha value is -2.53. The maximum Gasteiger partial charge on any atom is 0.261 e. The van der Waals surface area contributed by atoms with Crippen molar-refractivity contribution in [1.29, 1.82) is 0 Å². The lowest BCUT2D eigenvalue weighted by molar-refractivity contribution is 0.102. The van der Waals surface area contributed by atoms with E-state index in [0.29, 0.717) is 26.2 Å². The maximum absolute atomic E-state index is 13.0. The first-order valence-electron chi connectivity index (χ1n) is 8.44. The van der Waals surface area contributed by atoms with Gasteiger partial charge in [-0.05, 0) is 54.6 Å². The van der Waals surface area contributed by atoms with E-state index in [1.165, 1.54) is 36.4 Å². The predicted molar refractivity (Wildman–Crippen MR) is 122 cm³/mol. The minimum Gasteiger partial charge on any atom is -0.320 e. The lowest BCUT2D eigenvalue weighted by atomic mass is 10.1. The Labute approximate surface area is 189 Å². The normalized spacial score (nSPS) is 11.4. The standard InChI is InChI=1S/C19H12BrClN4O3S2/c20-11-4-9-15(25-30(27,28)13-7-5-12(21)6-8-13)14(10-11)19(26)22-16-2-1-3-17-18(16)24-29-23-17/h1-10,25H,(H,22,26). The molecular weight excluding hydrogens is 512 g/mol. The number of sulfonamides is 1. The first kappa shape index (κ1) is 20.7. The summed E-state index contributed by atoms with van der Waals surface area (Å²) in [6.45, 7) is 0. The van der Waals surface area contributed by atoms with E-state index in [1.54, 1.807) is 24.3 Å². The first-order valence-corrected chi connectivity index (χ1v) is 11.8. The summed E-state index contributed by atoms with van der Waals surface area (Å²) in [6.07, 6.45) is 0. The van der Waals surface area contributed by atoms with E-state index < -0.39 is 15.9 Å². The zero-order valence-corrected chi connectivity index (χ0v) is 18.9. The van der Waals surface area contributed by atoms with Gasteiger partial charge in [-0.2, -0.15) is 8.75 Å². The number of hydrogen-bond acceptors (Lipinski definition) is 6. The second-order valence-corrected chi connectivity index (χ2v) is 9.70. The van der Waals surface area contributed by atoms with E-state index in [-0.39, 0.29) is 16.1 Å². The molecule has 2 N–H and O–H groups in total. The van der Waals surface area contributed by atoms with Crippen LogP contribution in [0.3, 0.4) is 0 Å². The number of amides is 1. The number of carbonyl (C=O) groups is 1. The number of carbonyl (C=O) groups excluding carboxylic acids is 1. The molecule has 4 aromatic rings. The zero-order valence-electron chi connectivity index (χ0n) is 15.0. The molecule has 0 saturated carbocycles. The SMILES string of the molecule is O=C(Nc1cccc2nsnc12)c1cc(Br)ccc1NS(=O)(=O)c1ccc(Cl)cc1. The average molecular weight is 524 g/mol. The molecule has 30 heavy (non-hydrogen) atoms. The number of nitrogens with zero attached hydrogens (tertiary/aromatic N) is 2. The van der Waals surface area contributed by atoms with Crippen molar-refractivity contribution in [1.82, 2.24) is 8.75 Å². The van der Waals surface area contributed by atoms with E-state index in [4.69, 9.17) is 11.6 Å². The van der Waals surface area contributed by atoms with E-state index in [9.17, 15) is 13.2 Å². The molecule has 1 heterocycles. The van der Waals surface area contributed by atoms with Crippen LogP contribution in [0, 0.1) is 0 Å². The molecule has 7 nitrogen and oxygen atoms in total. The second kappa shape index (κ2) is 8.31. The van der Waals surface area contributed by atoms with Crippen LogP contribution in [-0.4, -0.2) is 23.1 Å². The van der Waals surface area contributed by atoms with Gasteiger partial charge in [0.25, 0.3) is 15.9 Å². The van der Waals surface area contributed by atoms with E-state index >= 15 is 0 Å². The smallest absolute Gasteiger partial charge is 0.261 e. The molecule has 0 unspecified atom stereocenters. The van der Waals surface area contributed by atoms with Gasteiger partial charge < -0.3 is 5.32 Å². The summed E-state index contributed by atoms with van der Waals surface area (Å²) in [7, 11) is -3.92. The quantitative estimate of drug-likeness (QED) is 0.376. The predicted octanol–water partition coefficient (Wildman–Crippen LogP) is 5.16. The van der Waals surface area contributed by atoms with Crippen LogP contribution in [0.1, 0.15) is 10.4 Å². The number of hydrogen-bond donors (Lipinski definition) is 2. The minimum atomic E-state index is -3.92. The van der Waals surface area contributed by atoms with E-state index in [2.05, 4.69) is 34.7 Å². The van der Waals surface area contributed by atoms with Gasteiger partial charge in [0.15, 0.2) is 0 Å². The van der Waals surface area contributed by atoms with Crippen LogP contribution >= 0.6 is 39.3 Å². The van der Waals surface area contributed by atoms with Crippen molar-refractivity contribution < 1.29 is 13.2 Å². The molecule has 152 valence electrons. The molecule has 11 heteroatoms. The van der Waals surface area contributed by atoms with Crippen LogP contribution in [0.25, 0.3) is 11.0 Å². The van der Waals surface area contributed by atoms with Gasteiger partial charge in [-0.15, -0.1) is 0 Å². The van der Waals surface area contributed by atoms with Crippen molar-refractivity contribution in [2.75, 3.05) is 10.0 Å². The lowest BCUT2D eigenvalue weighted by Gasteiger charge is -2.13. The van der Waals surface area contributed by atoms with Crippen LogP contribution < -0.4 is 10.0 Å². The molecule has 0 radical (unpaired) electrons. The van der Waals surface area contributed by atoms with Gasteiger partial charge in [0, 0.05) is 9.50 Å². The molecule has 0 bridgehead atoms. The fraction of sp³-hybridized carbons (Fsp3) is 0. The minimum absolute atomic E-state index is 0.0273. The fourth-order valence-electron chi connectivity index (χ4n) is 2.71. The molecule has 0 spiro atoms. The Morgan fingerprint density at radius 2 is 1.77 bits per heavy atom. The average Bonchev–Trinajstić information content (AvgIpc) is 3.19. The largest absolute Gasteiger partial charge is 0.320 e. The number of fused-ring (bicyclic) bond motifs is 1. The summed E-state index contributed by atoms with van der Waals surface area (Å²) in [5.41, 5.74) is 1.99. The van der Waals surface area contributed by atoms with Crippen molar-refractivity contribution in [3.05, 3.63) is 75.7 Å². The van der Waals surface area contributed by atoms with Gasteiger partial charge in [0.05, 0.1) is 33.6 Å². The van der Waals surface area contributed by atoms with Crippen molar-refractivity contribution in [3.8, 4) is 0 Å². The number of anilines is 2. The summed E-state index contributed by atoms with van der Waals surface area (Å²) in [4.78, 5) is 13.0. The Balaban J connectivity index is 1.67. The number of nitrogens with one attached hydrogen (secondary N) is 2. The Bertz CT molecular complexity index is 1360. The molecule has 0 aliphatic heterocycles. The van der Waals surface area contributed by atoms with E-state index in [1.807, 2.05) is 0 Å². The lowest BCUT2D eigenvalue weighted by Crippen LogP contribution is -2.19. The van der Waals surface area contributed by atoms with Crippen LogP contribution in [0.5, 0.6) is 0 Å². The highest BCUT2D eigenvalue weighted by molar-refractivity contribution is 9.10. The number of benzene rings is 3. The van der Waals surface area contributed by atoms with Gasteiger partial charge in [0.2, 0.25) is 0 Å². The monoisotopic (exact) mass is 522 g/mol. The topological polar surface area (TPSA) is 101 Å². The van der Waals surface area contributed by atoms with Gasteiger partial charge in [-0.1, -0.05) is 33.6 Å². The summed E-state index contributed by atoms with van der Waals surface area (Å²) >= 11 is 10.2. The van der Waals surface area contributed by atoms with Gasteiger partial charge in [0.1, 0.15) is 11.0 Å². The fourth-order valence-corrected chi connectivity index (χ4v) is 4.82. The van der Waals surface area contributed by atoms with Crippen LogP contribution in [-0.2, 0) is 10.0 Å². The maximum atomic E-state index is 13.0. The third-order valence-electron chi connectivity index (χ3n) is 4.13. The molecule has 4 rings (SSSR count). The van der Waals surface area contributed by atoms with Crippen molar-refractivity contribution in [2.24, 2.45) is 0 Å². The molecule has 0 aliphatic carbocycles. The Kier molecular flexibility index (Phi) is 5.74. The van der Waals surface area contributed by atoms with Crippen LogP contribution in [0.4, 0.5) is 11.4 Å². The zero-order chi connectivity index (χ0) is 21.3. The Morgan fingerprint density at radius 3 is 2.53 bits per heavy atom. The number of halogens is 2. The van der Waals surface area contributed by atoms with Gasteiger partial charge >= 0.3 is 0 Å². The molecule has 0 atom stereocenters. The third-order valence-corrected chi connectivity index (χ3v) is 6.80. The third kappa shape index (κ3) is 4.31. The number of aromatic nitrogens is 2. The number of rotatable bonds is 5. The highest BCUT2D eigenvalue weighted by atomic mass is 79.9. The molecule has 3 aromatic carbocycles. The molecule has 1 aromatic heterocycles. The van der Waals surface area contributed by atoms with Gasteiger partial charge in [-0.25, -0.2) is 8.42 Å². The summed E-state index contributed by atoms with van der Waals surface area (Å²) in [6, 6.07) is 15.7. The Morgan fingerprint density at radius 1 is 1.00 bits per heavy atom. The molecule has 0 fully saturated rings. The molecule has 1 amide bonds. The highest BCUT2D eigenvalue weighted by Crippen LogP contribution is 2.27. The molecular formula is C19H12BrClN4O3S2. The second-order valence-electron chi connectivity index (χ2n) is 6.14. The van der Waals surface area contributed by atoms with Crippen molar-refractivity contribution in [3.63, 3.8) is 0 Å². The summed E-state index contributed by atoms with van der Waals surface area (Å²) < 4.78 is 37.0. The van der Waals surface area contributed by atoms with E-state index in [0.717, 1.165) is 11.7 Å². The van der Waals surface area contributed by atoms with Crippen molar-refractivity contribution >= 4 is 77.6 Å². The first-order chi connectivity index (χ1) is 14.3. The highest BCUT2D eigenvalue weighted by Gasteiger charge is 2.20. The molecule has 0 saturated heterocycles.